The quantitative estimate of drug-likeness (QED) is 0.754. The van der Waals surface area contributed by atoms with E-state index in [0.29, 0.717) is 12.0 Å². The van der Waals surface area contributed by atoms with E-state index in [0.717, 1.165) is 5.56 Å². The Morgan fingerprint density at radius 3 is 2.47 bits per heavy atom. The molecule has 0 aliphatic heterocycles. The van der Waals surface area contributed by atoms with Crippen molar-refractivity contribution >= 4 is 10.0 Å². The molecule has 0 saturated carbocycles. The largest absolute Gasteiger partial charge is 0.392 e. The van der Waals surface area contributed by atoms with Crippen LogP contribution in [0, 0.1) is 0 Å². The third-order valence-corrected chi connectivity index (χ3v) is 3.85. The van der Waals surface area contributed by atoms with Gasteiger partial charge in [0.15, 0.2) is 0 Å². The van der Waals surface area contributed by atoms with Crippen LogP contribution in [0.15, 0.2) is 23.1 Å². The molecular weight excluding hydrogens is 240 g/mol. The predicted octanol–water partition coefficient (Wildman–Crippen LogP) is 0.496. The molecule has 96 valence electrons. The summed E-state index contributed by atoms with van der Waals surface area (Å²) in [5.74, 6) is 0. The van der Waals surface area contributed by atoms with E-state index in [4.69, 9.17) is 5.11 Å². The van der Waals surface area contributed by atoms with Gasteiger partial charge in [-0.25, -0.2) is 13.4 Å². The van der Waals surface area contributed by atoms with Crippen LogP contribution in [0.2, 0.25) is 0 Å². The molecule has 0 radical (unpaired) electrons. The summed E-state index contributed by atoms with van der Waals surface area (Å²) in [4.78, 5) is 2.61. The van der Waals surface area contributed by atoms with Crippen molar-refractivity contribution in [2.75, 3.05) is 14.1 Å². The van der Waals surface area contributed by atoms with Crippen molar-refractivity contribution in [3.05, 3.63) is 29.3 Å². The van der Waals surface area contributed by atoms with Crippen molar-refractivity contribution in [2.45, 2.75) is 24.8 Å². The number of hydrogen-bond donors (Lipinski definition) is 2. The highest BCUT2D eigenvalue weighted by atomic mass is 32.2. The summed E-state index contributed by atoms with van der Waals surface area (Å²) in [5.41, 5.74) is 1.32. The zero-order valence-electron chi connectivity index (χ0n) is 10.3. The van der Waals surface area contributed by atoms with Gasteiger partial charge < -0.3 is 5.11 Å². The molecule has 0 aliphatic rings. The summed E-state index contributed by atoms with van der Waals surface area (Å²) >= 11 is 0. The maximum Gasteiger partial charge on any atom is 0.253 e. The summed E-state index contributed by atoms with van der Waals surface area (Å²) in [6.07, 6.45) is 0.620. The molecular formula is C11H18N2O3S. The second-order valence-electron chi connectivity index (χ2n) is 3.94. The number of aryl methyl sites for hydroxylation is 1. The smallest absolute Gasteiger partial charge is 0.253 e. The Morgan fingerprint density at radius 1 is 1.35 bits per heavy atom. The molecule has 0 amide bonds. The molecule has 0 spiro atoms. The monoisotopic (exact) mass is 258 g/mol. The van der Waals surface area contributed by atoms with E-state index in [-0.39, 0.29) is 11.5 Å². The topological polar surface area (TPSA) is 69.6 Å². The number of aliphatic hydroxyl groups excluding tert-OH is 1. The Balaban J connectivity index is 3.27. The average Bonchev–Trinajstić information content (AvgIpc) is 2.26. The number of rotatable bonds is 5. The lowest BCUT2D eigenvalue weighted by Gasteiger charge is -2.15. The lowest BCUT2D eigenvalue weighted by molar-refractivity contribution is 0.281. The SMILES string of the molecule is CCc1ccc(CO)cc1S(=O)(=O)NN(C)C. The molecule has 0 unspecified atom stereocenters. The Labute approximate surface area is 102 Å². The van der Waals surface area contributed by atoms with Crippen molar-refractivity contribution in [3.63, 3.8) is 0 Å². The molecule has 6 heteroatoms. The van der Waals surface area contributed by atoms with Crippen molar-refractivity contribution in [2.24, 2.45) is 0 Å². The van der Waals surface area contributed by atoms with E-state index in [1.165, 1.54) is 11.1 Å². The maximum atomic E-state index is 12.1. The number of benzene rings is 1. The van der Waals surface area contributed by atoms with Gasteiger partial charge in [-0.15, -0.1) is 4.83 Å². The van der Waals surface area contributed by atoms with Crippen molar-refractivity contribution in [1.82, 2.24) is 9.84 Å². The molecule has 1 rings (SSSR count). The fraction of sp³-hybridized carbons (Fsp3) is 0.455. The molecule has 0 atom stereocenters. The van der Waals surface area contributed by atoms with Gasteiger partial charge in [0, 0.05) is 14.1 Å². The van der Waals surface area contributed by atoms with Gasteiger partial charge in [0.1, 0.15) is 0 Å². The van der Waals surface area contributed by atoms with Gasteiger partial charge in [-0.05, 0) is 23.6 Å². The van der Waals surface area contributed by atoms with Crippen molar-refractivity contribution in [1.29, 1.82) is 0 Å². The molecule has 2 N–H and O–H groups in total. The summed E-state index contributed by atoms with van der Waals surface area (Å²) in [6.45, 7) is 1.72. The first-order valence-corrected chi connectivity index (χ1v) is 6.81. The second kappa shape index (κ2) is 5.59. The van der Waals surface area contributed by atoms with Crippen LogP contribution in [0.25, 0.3) is 0 Å². The lowest BCUT2D eigenvalue weighted by atomic mass is 10.1. The van der Waals surface area contributed by atoms with Crippen LogP contribution in [-0.2, 0) is 23.1 Å². The number of aliphatic hydroxyl groups is 1. The molecule has 17 heavy (non-hydrogen) atoms. The fourth-order valence-electron chi connectivity index (χ4n) is 1.53. The van der Waals surface area contributed by atoms with E-state index in [9.17, 15) is 8.42 Å². The molecule has 0 fully saturated rings. The van der Waals surface area contributed by atoms with Crippen LogP contribution in [0.3, 0.4) is 0 Å². The third-order valence-electron chi connectivity index (χ3n) is 2.29. The molecule has 1 aromatic rings. The van der Waals surface area contributed by atoms with Crippen molar-refractivity contribution in [3.8, 4) is 0 Å². The molecule has 1 aromatic carbocycles. The Morgan fingerprint density at radius 2 is 2.00 bits per heavy atom. The van der Waals surface area contributed by atoms with Gasteiger partial charge in [-0.3, -0.25) is 0 Å². The highest BCUT2D eigenvalue weighted by Crippen LogP contribution is 2.18. The van der Waals surface area contributed by atoms with Gasteiger partial charge >= 0.3 is 0 Å². The van der Waals surface area contributed by atoms with E-state index >= 15 is 0 Å². The molecule has 5 nitrogen and oxygen atoms in total. The lowest BCUT2D eigenvalue weighted by Crippen LogP contribution is -2.36. The first-order chi connectivity index (χ1) is 7.90. The number of sulfonamides is 1. The van der Waals surface area contributed by atoms with Crippen LogP contribution in [0.5, 0.6) is 0 Å². The minimum absolute atomic E-state index is 0.172. The van der Waals surface area contributed by atoms with Gasteiger partial charge in [-0.1, -0.05) is 19.1 Å². The molecule has 0 bridgehead atoms. The number of hydrogen-bond acceptors (Lipinski definition) is 4. The third kappa shape index (κ3) is 3.50. The van der Waals surface area contributed by atoms with Gasteiger partial charge in [0.25, 0.3) is 10.0 Å². The fourth-order valence-corrected chi connectivity index (χ4v) is 2.97. The molecule has 0 aliphatic carbocycles. The van der Waals surface area contributed by atoms with E-state index in [1.807, 2.05) is 6.92 Å². The predicted molar refractivity (Wildman–Crippen MR) is 65.8 cm³/mol. The van der Waals surface area contributed by atoms with E-state index in [2.05, 4.69) is 4.83 Å². The number of hydrazine groups is 1. The average molecular weight is 258 g/mol. The Kier molecular flexibility index (Phi) is 4.64. The maximum absolute atomic E-state index is 12.1. The Hall–Kier alpha value is -0.950. The van der Waals surface area contributed by atoms with E-state index in [1.54, 1.807) is 26.2 Å². The summed E-state index contributed by atoms with van der Waals surface area (Å²) in [5, 5.41) is 10.4. The molecule has 0 heterocycles. The highest BCUT2D eigenvalue weighted by molar-refractivity contribution is 7.89. The van der Waals surface area contributed by atoms with Crippen LogP contribution >= 0.6 is 0 Å². The van der Waals surface area contributed by atoms with Gasteiger partial charge in [0.2, 0.25) is 0 Å². The zero-order valence-corrected chi connectivity index (χ0v) is 11.1. The van der Waals surface area contributed by atoms with Gasteiger partial charge in [-0.2, -0.15) is 0 Å². The van der Waals surface area contributed by atoms with Crippen LogP contribution in [0.1, 0.15) is 18.1 Å². The minimum atomic E-state index is -3.57. The Bertz CT molecular complexity index is 483. The van der Waals surface area contributed by atoms with Crippen molar-refractivity contribution < 1.29 is 13.5 Å². The van der Waals surface area contributed by atoms with Crippen LogP contribution in [-0.4, -0.2) is 32.6 Å². The number of nitrogens with one attached hydrogen (secondary N) is 1. The normalized spacial score (nSPS) is 12.1. The van der Waals surface area contributed by atoms with E-state index < -0.39 is 10.0 Å². The van der Waals surface area contributed by atoms with Gasteiger partial charge in [0.05, 0.1) is 11.5 Å². The summed E-state index contributed by atoms with van der Waals surface area (Å²) in [7, 11) is -0.350. The first-order valence-electron chi connectivity index (χ1n) is 5.33. The van der Waals surface area contributed by atoms with Crippen LogP contribution in [0.4, 0.5) is 0 Å². The standard InChI is InChI=1S/C11H18N2O3S/c1-4-10-6-5-9(8-14)7-11(10)17(15,16)12-13(2)3/h5-7,12,14H,4,8H2,1-3H3. The van der Waals surface area contributed by atoms with Crippen LogP contribution < -0.4 is 4.83 Å². The first kappa shape index (κ1) is 14.1. The highest BCUT2D eigenvalue weighted by Gasteiger charge is 2.18. The second-order valence-corrected chi connectivity index (χ2v) is 5.57. The summed E-state index contributed by atoms with van der Waals surface area (Å²) < 4.78 is 24.1. The number of nitrogens with zero attached hydrogens (tertiary/aromatic N) is 1. The summed E-state index contributed by atoms with van der Waals surface area (Å²) in [6, 6.07) is 4.97. The molecule has 0 aromatic heterocycles. The molecule has 0 saturated heterocycles. The zero-order chi connectivity index (χ0) is 13.1. The minimum Gasteiger partial charge on any atom is -0.392 e.